The normalized spacial score (nSPS) is 15.5. The lowest BCUT2D eigenvalue weighted by molar-refractivity contribution is 0.578. The summed E-state index contributed by atoms with van der Waals surface area (Å²) in [4.78, 5) is 7.24. The van der Waals surface area contributed by atoms with Crippen molar-refractivity contribution in [3.05, 3.63) is 29.5 Å². The van der Waals surface area contributed by atoms with Crippen molar-refractivity contribution in [1.82, 2.24) is 4.98 Å². The van der Waals surface area contributed by atoms with Crippen molar-refractivity contribution < 1.29 is 0 Å². The maximum atomic E-state index is 5.78. The molecule has 0 atom stereocenters. The third kappa shape index (κ3) is 2.56. The predicted octanol–water partition coefficient (Wildman–Crippen LogP) is 3.38. The summed E-state index contributed by atoms with van der Waals surface area (Å²) in [5.41, 5.74) is 8.46. The zero-order chi connectivity index (χ0) is 14.8. The molecule has 1 aliphatic heterocycles. The number of aromatic nitrogens is 1. The predicted molar refractivity (Wildman–Crippen MR) is 89.7 cm³/mol. The number of nitrogens with zero attached hydrogens (tertiary/aromatic N) is 2. The van der Waals surface area contributed by atoms with Crippen LogP contribution in [-0.4, -0.2) is 18.1 Å². The molecule has 1 aliphatic rings. The maximum absolute atomic E-state index is 5.78. The Morgan fingerprint density at radius 2 is 2.00 bits per heavy atom. The highest BCUT2D eigenvalue weighted by Gasteiger charge is 2.14. The number of pyridine rings is 1. The van der Waals surface area contributed by atoms with Crippen LogP contribution in [0.25, 0.3) is 10.9 Å². The molecule has 1 fully saturated rings. The number of nitrogens with two attached hydrogens (primary N) is 1. The van der Waals surface area contributed by atoms with Crippen molar-refractivity contribution in [2.45, 2.75) is 39.5 Å². The first kappa shape index (κ1) is 14.1. The number of fused-ring (bicyclic) bond motifs is 1. The summed E-state index contributed by atoms with van der Waals surface area (Å²) >= 11 is 0. The van der Waals surface area contributed by atoms with E-state index in [4.69, 9.17) is 10.8 Å². The minimum Gasteiger partial charge on any atom is -0.372 e. The molecule has 3 N–H and O–H groups in total. The Bertz CT molecular complexity index is 645. The molecule has 112 valence electrons. The van der Waals surface area contributed by atoms with Crippen LogP contribution >= 0.6 is 0 Å². The van der Waals surface area contributed by atoms with E-state index in [9.17, 15) is 0 Å². The van der Waals surface area contributed by atoms with Gasteiger partial charge < -0.3 is 10.3 Å². The third-order valence-corrected chi connectivity index (χ3v) is 4.51. The van der Waals surface area contributed by atoms with Gasteiger partial charge in [0.15, 0.2) is 0 Å². The monoisotopic (exact) mass is 284 g/mol. The van der Waals surface area contributed by atoms with Gasteiger partial charge in [0.2, 0.25) is 0 Å². The van der Waals surface area contributed by atoms with E-state index in [1.54, 1.807) is 0 Å². The summed E-state index contributed by atoms with van der Waals surface area (Å²) in [6, 6.07) is 6.55. The van der Waals surface area contributed by atoms with Crippen LogP contribution in [0.4, 0.5) is 11.4 Å². The van der Waals surface area contributed by atoms with Crippen molar-refractivity contribution in [2.24, 2.45) is 5.84 Å². The van der Waals surface area contributed by atoms with Crippen LogP contribution in [0.5, 0.6) is 0 Å². The van der Waals surface area contributed by atoms with Crippen LogP contribution in [0.2, 0.25) is 0 Å². The van der Waals surface area contributed by atoms with Crippen LogP contribution in [0.3, 0.4) is 0 Å². The van der Waals surface area contributed by atoms with Gasteiger partial charge in [0.25, 0.3) is 0 Å². The quantitative estimate of drug-likeness (QED) is 0.670. The average Bonchev–Trinajstić information content (AvgIpc) is 2.54. The number of hydrogen-bond donors (Lipinski definition) is 2. The second-order valence-electron chi connectivity index (χ2n) is 5.81. The van der Waals surface area contributed by atoms with Crippen molar-refractivity contribution in [3.8, 4) is 0 Å². The molecule has 2 heterocycles. The van der Waals surface area contributed by atoms with Gasteiger partial charge >= 0.3 is 0 Å². The Balaban J connectivity index is 2.11. The zero-order valence-corrected chi connectivity index (χ0v) is 12.9. The summed E-state index contributed by atoms with van der Waals surface area (Å²) in [5, 5.41) is 1.12. The highest BCUT2D eigenvalue weighted by molar-refractivity contribution is 5.95. The molecule has 2 aromatic rings. The van der Waals surface area contributed by atoms with Gasteiger partial charge in [0.1, 0.15) is 0 Å². The van der Waals surface area contributed by atoms with Crippen molar-refractivity contribution >= 4 is 22.3 Å². The first-order valence-electron chi connectivity index (χ1n) is 7.89. The van der Waals surface area contributed by atoms with E-state index in [1.165, 1.54) is 24.9 Å². The summed E-state index contributed by atoms with van der Waals surface area (Å²) in [7, 11) is 0. The fourth-order valence-electron chi connectivity index (χ4n) is 3.28. The molecule has 0 unspecified atom stereocenters. The number of aryl methyl sites for hydroxylation is 1. The Kier molecular flexibility index (Phi) is 3.97. The number of rotatable bonds is 3. The molecule has 3 rings (SSSR count). The minimum absolute atomic E-state index is 0.921. The molecule has 21 heavy (non-hydrogen) atoms. The molecule has 0 spiro atoms. The van der Waals surface area contributed by atoms with Gasteiger partial charge in [-0.05, 0) is 56.4 Å². The van der Waals surface area contributed by atoms with Gasteiger partial charge in [-0.15, -0.1) is 0 Å². The number of piperidine rings is 1. The number of nitrogen functional groups attached to an aromatic ring is 1. The van der Waals surface area contributed by atoms with Crippen LogP contribution in [0.15, 0.2) is 18.2 Å². The minimum atomic E-state index is 0.921. The van der Waals surface area contributed by atoms with Gasteiger partial charge in [0, 0.05) is 29.9 Å². The number of hydrazine groups is 1. The van der Waals surface area contributed by atoms with Crippen LogP contribution in [0, 0.1) is 6.92 Å². The smallest absolute Gasteiger partial charge is 0.0728 e. The highest BCUT2D eigenvalue weighted by Crippen LogP contribution is 2.31. The second-order valence-corrected chi connectivity index (χ2v) is 5.81. The Labute approximate surface area is 126 Å². The van der Waals surface area contributed by atoms with Crippen LogP contribution in [-0.2, 0) is 6.42 Å². The van der Waals surface area contributed by atoms with E-state index >= 15 is 0 Å². The Morgan fingerprint density at radius 1 is 1.24 bits per heavy atom. The molecule has 4 heteroatoms. The van der Waals surface area contributed by atoms with Gasteiger partial charge in [0.05, 0.1) is 11.2 Å². The number of hydrogen-bond acceptors (Lipinski definition) is 4. The third-order valence-electron chi connectivity index (χ3n) is 4.51. The van der Waals surface area contributed by atoms with E-state index in [-0.39, 0.29) is 0 Å². The van der Waals surface area contributed by atoms with Crippen molar-refractivity contribution in [1.29, 1.82) is 0 Å². The Hall–Kier alpha value is -1.81. The standard InChI is InChI=1S/C17H24N4/c1-3-15-12(2)17(20-18)14-11-13(7-8-16(14)19-15)21-9-5-4-6-10-21/h7-8,11H,3-6,9-10,18H2,1-2H3,(H,19,20). The molecule has 0 aliphatic carbocycles. The Morgan fingerprint density at radius 3 is 2.67 bits per heavy atom. The maximum Gasteiger partial charge on any atom is 0.0728 e. The molecule has 0 amide bonds. The summed E-state index contributed by atoms with van der Waals surface area (Å²) in [5.74, 6) is 5.78. The van der Waals surface area contributed by atoms with Crippen molar-refractivity contribution in [2.75, 3.05) is 23.4 Å². The van der Waals surface area contributed by atoms with Crippen LogP contribution < -0.4 is 16.2 Å². The first-order valence-corrected chi connectivity index (χ1v) is 7.89. The number of anilines is 2. The lowest BCUT2D eigenvalue weighted by Crippen LogP contribution is -2.29. The SMILES string of the molecule is CCc1nc2ccc(N3CCCCC3)cc2c(NN)c1C. The molecule has 1 saturated heterocycles. The molecule has 0 saturated carbocycles. The van der Waals surface area contributed by atoms with Gasteiger partial charge in [-0.2, -0.15) is 0 Å². The molecule has 4 nitrogen and oxygen atoms in total. The van der Waals surface area contributed by atoms with Gasteiger partial charge in [-0.3, -0.25) is 10.8 Å². The highest BCUT2D eigenvalue weighted by atomic mass is 15.2. The summed E-state index contributed by atoms with van der Waals surface area (Å²) < 4.78 is 0. The number of benzene rings is 1. The molecule has 1 aromatic heterocycles. The molecule has 0 bridgehead atoms. The lowest BCUT2D eigenvalue weighted by Gasteiger charge is -2.29. The number of nitrogens with one attached hydrogen (secondary N) is 1. The van der Waals surface area contributed by atoms with Gasteiger partial charge in [-0.1, -0.05) is 6.92 Å². The second kappa shape index (κ2) is 5.90. The first-order chi connectivity index (χ1) is 10.2. The van der Waals surface area contributed by atoms with Crippen LogP contribution in [0.1, 0.15) is 37.4 Å². The van der Waals surface area contributed by atoms with E-state index in [0.29, 0.717) is 0 Å². The van der Waals surface area contributed by atoms with Gasteiger partial charge in [-0.25, -0.2) is 0 Å². The zero-order valence-electron chi connectivity index (χ0n) is 12.9. The molecule has 1 aromatic carbocycles. The topological polar surface area (TPSA) is 54.2 Å². The largest absolute Gasteiger partial charge is 0.372 e. The fraction of sp³-hybridized carbons (Fsp3) is 0.471. The fourth-order valence-corrected chi connectivity index (χ4v) is 3.28. The lowest BCUT2D eigenvalue weighted by atomic mass is 10.0. The average molecular weight is 284 g/mol. The van der Waals surface area contributed by atoms with E-state index in [2.05, 4.69) is 42.4 Å². The van der Waals surface area contributed by atoms with Crippen molar-refractivity contribution in [3.63, 3.8) is 0 Å². The van der Waals surface area contributed by atoms with E-state index in [1.807, 2.05) is 0 Å². The molecular formula is C17H24N4. The summed E-state index contributed by atoms with van der Waals surface area (Å²) in [6.07, 6.45) is 4.84. The molecular weight excluding hydrogens is 260 g/mol. The summed E-state index contributed by atoms with van der Waals surface area (Å²) in [6.45, 7) is 6.52. The van der Waals surface area contributed by atoms with E-state index in [0.717, 1.165) is 47.4 Å². The van der Waals surface area contributed by atoms with E-state index < -0.39 is 0 Å². The molecule has 0 radical (unpaired) electrons.